The van der Waals surface area contributed by atoms with Crippen LogP contribution in [-0.4, -0.2) is 24.0 Å². The number of benzene rings is 1. The fourth-order valence-electron chi connectivity index (χ4n) is 4.84. The van der Waals surface area contributed by atoms with Gasteiger partial charge in [-0.3, -0.25) is 4.79 Å². The number of aromatic nitrogens is 1. The number of para-hydroxylation sites is 1. The molecule has 4 heteroatoms. The summed E-state index contributed by atoms with van der Waals surface area (Å²) in [7, 11) is 0. The zero-order valence-corrected chi connectivity index (χ0v) is 15.8. The van der Waals surface area contributed by atoms with Gasteiger partial charge >= 0.3 is 0 Å². The number of hydrogen-bond donors (Lipinski definition) is 2. The second kappa shape index (κ2) is 7.43. The Kier molecular flexibility index (Phi) is 5.03. The van der Waals surface area contributed by atoms with E-state index in [0.29, 0.717) is 13.2 Å². The van der Waals surface area contributed by atoms with Gasteiger partial charge in [0, 0.05) is 16.8 Å². The Balaban J connectivity index is 1.60. The molecule has 4 nitrogen and oxygen atoms in total. The van der Waals surface area contributed by atoms with Gasteiger partial charge in [-0.25, -0.2) is 0 Å². The van der Waals surface area contributed by atoms with Crippen LogP contribution in [0.15, 0.2) is 24.3 Å². The lowest BCUT2D eigenvalue weighted by Crippen LogP contribution is -2.47. The maximum Gasteiger partial charge on any atom is 0.223 e. The molecule has 1 unspecified atom stereocenters. The van der Waals surface area contributed by atoms with Gasteiger partial charge in [0.15, 0.2) is 0 Å². The second-order valence-electron chi connectivity index (χ2n) is 7.92. The molecule has 0 saturated heterocycles. The van der Waals surface area contributed by atoms with Crippen LogP contribution >= 0.6 is 0 Å². The van der Waals surface area contributed by atoms with Gasteiger partial charge in [0.05, 0.1) is 18.8 Å². The van der Waals surface area contributed by atoms with E-state index in [9.17, 15) is 4.79 Å². The zero-order chi connectivity index (χ0) is 18.0. The van der Waals surface area contributed by atoms with Gasteiger partial charge in [0.1, 0.15) is 5.60 Å². The number of fused-ring (bicyclic) bond motifs is 3. The number of aromatic amines is 1. The van der Waals surface area contributed by atoms with Crippen molar-refractivity contribution in [1.29, 1.82) is 0 Å². The van der Waals surface area contributed by atoms with Crippen molar-refractivity contribution < 1.29 is 9.53 Å². The van der Waals surface area contributed by atoms with E-state index in [-0.39, 0.29) is 11.8 Å². The first kappa shape index (κ1) is 17.6. The molecule has 140 valence electrons. The highest BCUT2D eigenvalue weighted by Crippen LogP contribution is 2.39. The summed E-state index contributed by atoms with van der Waals surface area (Å²) < 4.78 is 6.35. The van der Waals surface area contributed by atoms with Crippen LogP contribution in [0.2, 0.25) is 0 Å². The number of nitrogens with one attached hydrogen (secondary N) is 2. The Morgan fingerprint density at radius 2 is 2.08 bits per heavy atom. The molecule has 1 saturated carbocycles. The molecule has 1 aliphatic heterocycles. The van der Waals surface area contributed by atoms with E-state index in [2.05, 4.69) is 41.5 Å². The van der Waals surface area contributed by atoms with Crippen molar-refractivity contribution in [3.05, 3.63) is 35.5 Å². The highest BCUT2D eigenvalue weighted by molar-refractivity contribution is 5.85. The van der Waals surface area contributed by atoms with Gasteiger partial charge in [-0.1, -0.05) is 50.8 Å². The van der Waals surface area contributed by atoms with Gasteiger partial charge in [-0.2, -0.15) is 0 Å². The van der Waals surface area contributed by atoms with E-state index in [1.54, 1.807) is 0 Å². The standard InChI is InChI=1S/C22H30N2O2/c1-2-13-22(15-23-21(25)16-8-4-3-5-9-16)20-18(12-14-26-22)17-10-6-7-11-19(17)24-20/h6-7,10-11,16,24H,2-5,8-9,12-15H2,1H3,(H,23,25). The number of carbonyl (C=O) groups is 1. The molecule has 1 amide bonds. The molecule has 2 aliphatic rings. The molecule has 1 aromatic heterocycles. The highest BCUT2D eigenvalue weighted by Gasteiger charge is 2.40. The molecule has 2 aromatic rings. The van der Waals surface area contributed by atoms with Gasteiger partial charge in [0.25, 0.3) is 0 Å². The number of carbonyl (C=O) groups excluding carboxylic acids is 1. The van der Waals surface area contributed by atoms with Crippen LogP contribution in [0.3, 0.4) is 0 Å². The lowest BCUT2D eigenvalue weighted by atomic mass is 9.86. The third-order valence-corrected chi connectivity index (χ3v) is 6.18. The lowest BCUT2D eigenvalue weighted by molar-refractivity contribution is -0.129. The van der Waals surface area contributed by atoms with E-state index < -0.39 is 5.60 Å². The van der Waals surface area contributed by atoms with Crippen molar-refractivity contribution in [1.82, 2.24) is 10.3 Å². The Labute approximate surface area is 155 Å². The summed E-state index contributed by atoms with van der Waals surface area (Å²) in [6.45, 7) is 3.47. The Bertz CT molecular complexity index is 776. The summed E-state index contributed by atoms with van der Waals surface area (Å²) in [5, 5.41) is 4.55. The van der Waals surface area contributed by atoms with Gasteiger partial charge < -0.3 is 15.0 Å². The summed E-state index contributed by atoms with van der Waals surface area (Å²) in [4.78, 5) is 16.3. The quantitative estimate of drug-likeness (QED) is 0.834. The molecule has 4 rings (SSSR count). The van der Waals surface area contributed by atoms with Crippen LogP contribution in [-0.2, 0) is 21.6 Å². The van der Waals surface area contributed by atoms with Crippen molar-refractivity contribution in [2.75, 3.05) is 13.2 Å². The molecule has 2 heterocycles. The highest BCUT2D eigenvalue weighted by atomic mass is 16.5. The summed E-state index contributed by atoms with van der Waals surface area (Å²) in [5.41, 5.74) is 3.29. The first-order valence-corrected chi connectivity index (χ1v) is 10.3. The van der Waals surface area contributed by atoms with Crippen molar-refractivity contribution in [2.24, 2.45) is 5.92 Å². The van der Waals surface area contributed by atoms with Crippen LogP contribution in [0.4, 0.5) is 0 Å². The summed E-state index contributed by atoms with van der Waals surface area (Å²) >= 11 is 0. The van der Waals surface area contributed by atoms with E-state index in [0.717, 1.165) is 32.1 Å². The van der Waals surface area contributed by atoms with Crippen LogP contribution in [0.25, 0.3) is 10.9 Å². The average Bonchev–Trinajstić information content (AvgIpc) is 3.07. The third-order valence-electron chi connectivity index (χ3n) is 6.18. The van der Waals surface area contributed by atoms with E-state index in [4.69, 9.17) is 4.74 Å². The molecule has 0 bridgehead atoms. The molecular formula is C22H30N2O2. The van der Waals surface area contributed by atoms with E-state index >= 15 is 0 Å². The van der Waals surface area contributed by atoms with E-state index in [1.165, 1.54) is 41.4 Å². The van der Waals surface area contributed by atoms with Crippen molar-refractivity contribution in [3.63, 3.8) is 0 Å². The second-order valence-corrected chi connectivity index (χ2v) is 7.92. The number of H-pyrrole nitrogens is 1. The predicted octanol–water partition coefficient (Wildman–Crippen LogP) is 4.43. The van der Waals surface area contributed by atoms with Crippen LogP contribution in [0.1, 0.15) is 63.1 Å². The SMILES string of the molecule is CCCC1(CNC(=O)C2CCCCC2)OCCc2c1[nH]c1ccccc21. The Morgan fingerprint density at radius 3 is 2.88 bits per heavy atom. The van der Waals surface area contributed by atoms with Crippen LogP contribution in [0.5, 0.6) is 0 Å². The first-order chi connectivity index (χ1) is 12.7. The normalized spacial score (nSPS) is 23.7. The molecule has 26 heavy (non-hydrogen) atoms. The predicted molar refractivity (Wildman–Crippen MR) is 104 cm³/mol. The first-order valence-electron chi connectivity index (χ1n) is 10.3. The molecule has 1 fully saturated rings. The average molecular weight is 354 g/mol. The fraction of sp³-hybridized carbons (Fsp3) is 0.591. The molecule has 2 N–H and O–H groups in total. The monoisotopic (exact) mass is 354 g/mol. The molecule has 0 radical (unpaired) electrons. The summed E-state index contributed by atoms with van der Waals surface area (Å²) in [5.74, 6) is 0.403. The zero-order valence-electron chi connectivity index (χ0n) is 15.8. The number of rotatable bonds is 5. The van der Waals surface area contributed by atoms with Gasteiger partial charge in [-0.05, 0) is 37.3 Å². The minimum Gasteiger partial charge on any atom is -0.367 e. The smallest absolute Gasteiger partial charge is 0.223 e. The summed E-state index contributed by atoms with van der Waals surface area (Å²) in [6, 6.07) is 8.48. The maximum atomic E-state index is 12.7. The minimum atomic E-state index is -0.425. The molecule has 0 spiro atoms. The van der Waals surface area contributed by atoms with E-state index in [1.807, 2.05) is 0 Å². The van der Waals surface area contributed by atoms with Crippen LogP contribution in [0, 0.1) is 5.92 Å². The molecular weight excluding hydrogens is 324 g/mol. The van der Waals surface area contributed by atoms with Gasteiger partial charge in [0.2, 0.25) is 5.91 Å². The van der Waals surface area contributed by atoms with Crippen molar-refractivity contribution in [2.45, 2.75) is 63.9 Å². The number of ether oxygens (including phenoxy) is 1. The molecule has 1 atom stereocenters. The number of hydrogen-bond acceptors (Lipinski definition) is 2. The molecule has 1 aromatic carbocycles. The third kappa shape index (κ3) is 3.16. The molecule has 1 aliphatic carbocycles. The summed E-state index contributed by atoms with van der Waals surface area (Å²) in [6.07, 6.45) is 8.57. The van der Waals surface area contributed by atoms with Gasteiger partial charge in [-0.15, -0.1) is 0 Å². The van der Waals surface area contributed by atoms with Crippen molar-refractivity contribution in [3.8, 4) is 0 Å². The van der Waals surface area contributed by atoms with Crippen LogP contribution < -0.4 is 5.32 Å². The topological polar surface area (TPSA) is 54.1 Å². The largest absolute Gasteiger partial charge is 0.367 e. The Hall–Kier alpha value is -1.81. The Morgan fingerprint density at radius 1 is 1.27 bits per heavy atom. The number of amides is 1. The lowest BCUT2D eigenvalue weighted by Gasteiger charge is -2.38. The maximum absolute atomic E-state index is 12.7. The van der Waals surface area contributed by atoms with Crippen molar-refractivity contribution >= 4 is 16.8 Å². The fourth-order valence-corrected chi connectivity index (χ4v) is 4.84. The minimum absolute atomic E-state index is 0.188.